The molecule has 0 aliphatic carbocycles. The smallest absolute Gasteiger partial charge is 2.00 e. The van der Waals surface area contributed by atoms with Crippen LogP contribution < -0.4 is 30.6 Å². The van der Waals surface area contributed by atoms with Crippen LogP contribution in [0.25, 0.3) is 0 Å². The van der Waals surface area contributed by atoms with Crippen LogP contribution in [0.15, 0.2) is 50.3 Å². The minimum atomic E-state index is -1.19. The third-order valence-corrected chi connectivity index (χ3v) is 7.85. The number of hydrogen-bond acceptors (Lipinski definition) is 16. The summed E-state index contributed by atoms with van der Waals surface area (Å²) in [6.45, 7) is 39.2. The van der Waals surface area contributed by atoms with E-state index >= 15 is 0 Å². The molecule has 0 amide bonds. The van der Waals surface area contributed by atoms with Crippen LogP contribution in [0.3, 0.4) is 0 Å². The predicted octanol–water partition coefficient (Wildman–Crippen LogP) is 2.75. The number of nitrogens with zero attached hydrogens (tertiary/aromatic N) is 4. The van der Waals surface area contributed by atoms with Gasteiger partial charge in [-0.3, -0.25) is 0 Å². The molecule has 17 nitrogen and oxygen atoms in total. The summed E-state index contributed by atoms with van der Waals surface area (Å²) in [7, 11) is 3.05. The molecule has 388 valence electrons. The van der Waals surface area contributed by atoms with Gasteiger partial charge in [0, 0.05) is 27.4 Å². The summed E-state index contributed by atoms with van der Waals surface area (Å²) in [6.07, 6.45) is 0. The number of methoxy groups -OCH3 is 2. The molecule has 0 saturated heterocycles. The van der Waals surface area contributed by atoms with Crippen molar-refractivity contribution in [3.05, 3.63) is 35.9 Å². The van der Waals surface area contributed by atoms with Crippen LogP contribution in [-0.2, 0) is 33.9 Å². The second-order valence-corrected chi connectivity index (χ2v) is 22.2. The zero-order valence-electron chi connectivity index (χ0n) is 45.7. The van der Waals surface area contributed by atoms with Crippen LogP contribution in [0.5, 0.6) is 0 Å². The summed E-state index contributed by atoms with van der Waals surface area (Å²) in [5, 5.41) is 66.5. The molecule has 0 spiro atoms. The molecule has 5 rings (SSSR count). The van der Waals surface area contributed by atoms with Crippen molar-refractivity contribution in [2.45, 2.75) is 201 Å². The van der Waals surface area contributed by atoms with Crippen molar-refractivity contribution < 1.29 is 148 Å². The van der Waals surface area contributed by atoms with Gasteiger partial charge >= 0.3 is 83.5 Å². The second kappa shape index (κ2) is 31.3. The van der Waals surface area contributed by atoms with Gasteiger partial charge in [0.2, 0.25) is 0 Å². The van der Waals surface area contributed by atoms with Crippen LogP contribution in [-0.4, -0.2) is 133 Å². The van der Waals surface area contributed by atoms with Crippen molar-refractivity contribution in [1.29, 1.82) is 0 Å². The van der Waals surface area contributed by atoms with Gasteiger partial charge in [-0.25, -0.2) is 20.0 Å². The Kier molecular flexibility index (Phi) is 35.1. The maximum Gasteiger partial charge on any atom is 4.00 e. The second-order valence-electron chi connectivity index (χ2n) is 22.2. The van der Waals surface area contributed by atoms with Crippen LogP contribution in [0, 0.1) is 90.4 Å². The van der Waals surface area contributed by atoms with Gasteiger partial charge in [-0.2, -0.15) is 0 Å². The summed E-state index contributed by atoms with van der Waals surface area (Å²) >= 11 is 0. The Morgan fingerprint density at radius 1 is 0.441 bits per heavy atom. The van der Waals surface area contributed by atoms with E-state index in [0.717, 1.165) is 0 Å². The van der Waals surface area contributed by atoms with Crippen LogP contribution in [0.1, 0.15) is 144 Å². The zero-order valence-corrected chi connectivity index (χ0v) is 52.0. The monoisotopic (exact) mass is 1220 g/mol. The summed E-state index contributed by atoms with van der Waals surface area (Å²) in [5.41, 5.74) is -6.11. The molecule has 0 radical (unpaired) electrons. The molecule has 0 atom stereocenters. The first-order valence-corrected chi connectivity index (χ1v) is 21.9. The summed E-state index contributed by atoms with van der Waals surface area (Å²) in [6, 6.07) is 10.3. The molecule has 4 aliphatic rings. The summed E-state index contributed by atoms with van der Waals surface area (Å²) < 4.78 is 29.9. The molecule has 0 fully saturated rings. The van der Waals surface area contributed by atoms with Crippen molar-refractivity contribution in [1.82, 2.24) is 0 Å². The van der Waals surface area contributed by atoms with E-state index < -0.39 is 33.6 Å². The zero-order chi connectivity index (χ0) is 51.7. The van der Waals surface area contributed by atoms with Gasteiger partial charge in [-0.1, -0.05) is 130 Å². The molecule has 4 heterocycles. The fourth-order valence-corrected chi connectivity index (χ4v) is 4.80. The van der Waals surface area contributed by atoms with Crippen LogP contribution >= 0.6 is 0 Å². The number of benzene rings is 1. The molecular weight excluding hydrogens is 1130 g/mol. The van der Waals surface area contributed by atoms with Gasteiger partial charge in [0.15, 0.2) is 23.6 Å². The average Bonchev–Trinajstić information content (AvgIpc) is 3.86. The molecule has 1 aromatic carbocycles. The average molecular weight is 1220 g/mol. The summed E-state index contributed by atoms with van der Waals surface area (Å²) in [4.78, 5) is 16.7. The maximum absolute atomic E-state index is 11.3. The molecule has 1 aromatic rings. The Bertz CT molecular complexity index is 1470. The first-order chi connectivity index (χ1) is 28.8. The van der Waals surface area contributed by atoms with Crippen molar-refractivity contribution in [2.75, 3.05) is 53.9 Å². The van der Waals surface area contributed by atoms with Gasteiger partial charge in [0.25, 0.3) is 0 Å². The number of hydrogen-bond donors (Lipinski definition) is 0. The molecule has 0 saturated carbocycles. The van der Waals surface area contributed by atoms with Crippen LogP contribution in [0.4, 0.5) is 0 Å². The van der Waals surface area contributed by atoms with E-state index in [-0.39, 0.29) is 124 Å². The molecule has 0 aromatic heterocycles. The number of rotatable bonds is 8. The molecule has 68 heavy (non-hydrogen) atoms. The number of aliphatic imine (C=N–C) groups is 4. The normalized spacial score (nSPS) is 18.1. The predicted molar refractivity (Wildman–Crippen MR) is 250 cm³/mol. The van der Waals surface area contributed by atoms with E-state index in [2.05, 4.69) is 48.5 Å². The largest absolute Gasteiger partial charge is 4.00 e. The Morgan fingerprint density at radius 3 is 0.691 bits per heavy atom. The Labute approximate surface area is 477 Å². The number of aryl methyl sites for hydroxylation is 1. The quantitative estimate of drug-likeness (QED) is 0.364. The Hall–Kier alpha value is -0.507. The van der Waals surface area contributed by atoms with E-state index in [9.17, 15) is 30.6 Å². The molecule has 4 aliphatic heterocycles. The molecule has 19 heteroatoms. The van der Waals surface area contributed by atoms with Gasteiger partial charge in [0.1, 0.15) is 26.4 Å². The van der Waals surface area contributed by atoms with Crippen molar-refractivity contribution >= 4 is 23.6 Å². The van der Waals surface area contributed by atoms with Crippen molar-refractivity contribution in [3.8, 4) is 0 Å². The minimum absolute atomic E-state index is 0. The van der Waals surface area contributed by atoms with E-state index in [4.69, 9.17) is 18.9 Å². The number of ether oxygens (including phenoxy) is 6. The van der Waals surface area contributed by atoms with E-state index in [1.165, 1.54) is 19.8 Å². The van der Waals surface area contributed by atoms with E-state index in [1.54, 1.807) is 83.1 Å². The first-order valence-electron chi connectivity index (χ1n) is 21.9. The standard InChI is InChI=1S/4C8H14NO2.C7H8.2C5H11O2.2Ce.O/c4*1-7(2)5-11-6(9-7)8(3,4)10;1-7-5-3-2-4-6-7;2*1-5(2,6)4-7-3;;;/h4*5H2,1-4H3;2-6H,1H3;2*4H2,1-3H3;;;/q4*-1;;2*-1;2*+4;-2. The fourth-order valence-electron chi connectivity index (χ4n) is 4.80. The summed E-state index contributed by atoms with van der Waals surface area (Å²) in [5.74, 6) is 1.34. The molecular formula is C49H86Ce2N4O13. The first kappa shape index (κ1) is 76.4. The van der Waals surface area contributed by atoms with E-state index in [1.807, 2.05) is 73.6 Å². The fraction of sp³-hybridized carbons (Fsp3) is 0.796. The van der Waals surface area contributed by atoms with E-state index in [0.29, 0.717) is 50.0 Å². The molecule has 0 unspecified atom stereocenters. The Morgan fingerprint density at radius 2 is 0.632 bits per heavy atom. The molecule has 0 N–H and O–H groups in total. The van der Waals surface area contributed by atoms with Crippen LogP contribution in [0.2, 0.25) is 0 Å². The maximum atomic E-state index is 11.3. The topological polar surface area (TPSA) is 272 Å². The van der Waals surface area contributed by atoms with Gasteiger partial charge in [-0.15, -0.1) is 0 Å². The van der Waals surface area contributed by atoms with Gasteiger partial charge in [0.05, 0.1) is 22.2 Å². The third-order valence-electron chi connectivity index (χ3n) is 7.85. The van der Waals surface area contributed by atoms with Gasteiger partial charge in [-0.05, 0) is 84.7 Å². The van der Waals surface area contributed by atoms with Gasteiger partial charge < -0.3 is 64.5 Å². The third kappa shape index (κ3) is 39.1. The Balaban J connectivity index is -0.000000228. The minimum Gasteiger partial charge on any atom is -2.00 e. The molecule has 0 bridgehead atoms. The SMILES string of the molecule is CC1(C)COC(C(C)(C)[O-])=N1.CC1(C)COC(C(C)(C)[O-])=N1.CC1(C)COC(C(C)(C)[O-])=N1.CC1(C)COC(C(C)(C)[O-])=N1.COCC(C)(C)[O-].COCC(C)(C)[O-].Cc1ccccc1.[Ce+4].[Ce+4].[O-2]. The van der Waals surface area contributed by atoms with Crippen molar-refractivity contribution in [2.24, 2.45) is 20.0 Å². The van der Waals surface area contributed by atoms with Crippen molar-refractivity contribution in [3.63, 3.8) is 0 Å².